The van der Waals surface area contributed by atoms with Crippen LogP contribution in [0.5, 0.6) is 0 Å². The molecule has 1 aliphatic carbocycles. The van der Waals surface area contributed by atoms with Crippen LogP contribution in [0.25, 0.3) is 0 Å². The van der Waals surface area contributed by atoms with Gasteiger partial charge in [0.05, 0.1) is 5.41 Å². The second kappa shape index (κ2) is 5.11. The van der Waals surface area contributed by atoms with Crippen LogP contribution >= 0.6 is 11.6 Å². The highest BCUT2D eigenvalue weighted by Gasteiger charge is 2.51. The van der Waals surface area contributed by atoms with Gasteiger partial charge >= 0.3 is 0 Å². The molecule has 1 N–H and O–H groups in total. The molecule has 2 aliphatic rings. The first-order valence-corrected chi connectivity index (χ1v) is 7.92. The lowest BCUT2D eigenvalue weighted by Crippen LogP contribution is -2.31. The molecule has 1 aromatic heterocycles. The molecule has 0 bridgehead atoms. The predicted molar refractivity (Wildman–Crippen MR) is 80.4 cm³/mol. The summed E-state index contributed by atoms with van der Waals surface area (Å²) in [4.78, 5) is 4.69. The first kappa shape index (κ1) is 13.3. The molecule has 2 heterocycles. The summed E-state index contributed by atoms with van der Waals surface area (Å²) in [6.07, 6.45) is 4.38. The number of nitrogens with one attached hydrogen (secondary N) is 1. The molecule has 4 rings (SSSR count). The first-order valence-electron chi connectivity index (χ1n) is 7.54. The van der Waals surface area contributed by atoms with Gasteiger partial charge in [-0.1, -0.05) is 35.3 Å². The highest BCUT2D eigenvalue weighted by molar-refractivity contribution is 6.30. The van der Waals surface area contributed by atoms with E-state index in [2.05, 4.69) is 10.5 Å². The Labute approximate surface area is 128 Å². The summed E-state index contributed by atoms with van der Waals surface area (Å²) in [5.74, 6) is 2.25. The maximum atomic E-state index is 5.91. The van der Waals surface area contributed by atoms with Crippen molar-refractivity contribution in [3.05, 3.63) is 46.6 Å². The molecule has 1 aliphatic heterocycles. The van der Waals surface area contributed by atoms with Crippen molar-refractivity contribution in [2.75, 3.05) is 13.1 Å². The molecule has 2 aromatic rings. The largest absolute Gasteiger partial charge is 0.339 e. The molecule has 4 nitrogen and oxygen atoms in total. The van der Waals surface area contributed by atoms with Crippen molar-refractivity contribution in [2.45, 2.75) is 31.1 Å². The van der Waals surface area contributed by atoms with E-state index in [9.17, 15) is 0 Å². The quantitative estimate of drug-likeness (QED) is 0.947. The highest BCUT2D eigenvalue weighted by atomic mass is 35.5. The van der Waals surface area contributed by atoms with Gasteiger partial charge in [-0.15, -0.1) is 0 Å². The van der Waals surface area contributed by atoms with E-state index in [-0.39, 0.29) is 5.41 Å². The topological polar surface area (TPSA) is 51.0 Å². The van der Waals surface area contributed by atoms with Crippen molar-refractivity contribution >= 4 is 11.6 Å². The second-order valence-corrected chi connectivity index (χ2v) is 6.63. The fourth-order valence-electron chi connectivity index (χ4n) is 3.81. The second-order valence-electron chi connectivity index (χ2n) is 6.20. The molecule has 1 saturated carbocycles. The minimum atomic E-state index is 0.0885. The summed E-state index contributed by atoms with van der Waals surface area (Å²) >= 11 is 5.91. The summed E-state index contributed by atoms with van der Waals surface area (Å²) in [7, 11) is 0. The summed E-state index contributed by atoms with van der Waals surface area (Å²) in [6.45, 7) is 2.05. The number of rotatable bonds is 3. The number of hydrogen-bond acceptors (Lipinski definition) is 4. The summed E-state index contributed by atoms with van der Waals surface area (Å²) in [6, 6.07) is 7.80. The van der Waals surface area contributed by atoms with Crippen LogP contribution in [0.3, 0.4) is 0 Å². The lowest BCUT2D eigenvalue weighted by Gasteiger charge is -2.22. The van der Waals surface area contributed by atoms with Crippen LogP contribution < -0.4 is 5.32 Å². The van der Waals surface area contributed by atoms with Gasteiger partial charge in [-0.3, -0.25) is 0 Å². The first-order chi connectivity index (χ1) is 10.3. The van der Waals surface area contributed by atoms with E-state index in [4.69, 9.17) is 21.1 Å². The van der Waals surface area contributed by atoms with Crippen molar-refractivity contribution in [3.8, 4) is 0 Å². The van der Waals surface area contributed by atoms with Gasteiger partial charge in [0.25, 0.3) is 0 Å². The van der Waals surface area contributed by atoms with Crippen molar-refractivity contribution in [1.29, 1.82) is 0 Å². The van der Waals surface area contributed by atoms with Crippen LogP contribution in [0.2, 0.25) is 5.02 Å². The minimum Gasteiger partial charge on any atom is -0.339 e. The zero-order valence-electron chi connectivity index (χ0n) is 11.8. The van der Waals surface area contributed by atoms with E-state index in [1.807, 2.05) is 24.3 Å². The number of benzene rings is 1. The van der Waals surface area contributed by atoms with Gasteiger partial charge < -0.3 is 9.84 Å². The maximum Gasteiger partial charge on any atom is 0.234 e. The highest BCUT2D eigenvalue weighted by Crippen LogP contribution is 2.47. The van der Waals surface area contributed by atoms with Crippen molar-refractivity contribution < 1.29 is 4.52 Å². The van der Waals surface area contributed by atoms with Gasteiger partial charge in [0.1, 0.15) is 0 Å². The molecule has 2 atom stereocenters. The van der Waals surface area contributed by atoms with Crippen LogP contribution in [-0.4, -0.2) is 23.2 Å². The number of hydrogen-bond donors (Lipinski definition) is 1. The number of fused-ring (bicyclic) bond motifs is 1. The van der Waals surface area contributed by atoms with Gasteiger partial charge in [-0.2, -0.15) is 4.98 Å². The lowest BCUT2D eigenvalue weighted by molar-refractivity contribution is 0.264. The Morgan fingerprint density at radius 2 is 2.19 bits per heavy atom. The molecule has 0 unspecified atom stereocenters. The molecule has 0 spiro atoms. The molecule has 110 valence electrons. The fourth-order valence-corrected chi connectivity index (χ4v) is 3.94. The third kappa shape index (κ3) is 2.27. The SMILES string of the molecule is Clc1ccc(Cc2noc([C@@]34CCC[C@@H]3CNC4)n2)cc1. The third-order valence-electron chi connectivity index (χ3n) is 4.96. The Hall–Kier alpha value is -1.39. The average molecular weight is 304 g/mol. The Morgan fingerprint density at radius 1 is 1.33 bits per heavy atom. The summed E-state index contributed by atoms with van der Waals surface area (Å²) in [5, 5.41) is 8.42. The molecule has 2 fully saturated rings. The average Bonchev–Trinajstić information content (AvgIpc) is 3.15. The third-order valence-corrected chi connectivity index (χ3v) is 5.21. The van der Waals surface area contributed by atoms with Crippen molar-refractivity contribution in [2.24, 2.45) is 5.92 Å². The van der Waals surface area contributed by atoms with Crippen molar-refractivity contribution in [1.82, 2.24) is 15.5 Å². The molecule has 21 heavy (non-hydrogen) atoms. The Morgan fingerprint density at radius 3 is 3.05 bits per heavy atom. The Kier molecular flexibility index (Phi) is 3.23. The van der Waals surface area contributed by atoms with E-state index < -0.39 is 0 Å². The smallest absolute Gasteiger partial charge is 0.234 e. The van der Waals surface area contributed by atoms with Gasteiger partial charge in [0.2, 0.25) is 5.89 Å². The van der Waals surface area contributed by atoms with Crippen molar-refractivity contribution in [3.63, 3.8) is 0 Å². The standard InChI is InChI=1S/C16H18ClN3O/c17-13-5-3-11(4-6-13)8-14-19-15(21-20-14)16-7-1-2-12(16)9-18-10-16/h3-6,12,18H,1-2,7-10H2/t12-,16-/m1/s1. The van der Waals surface area contributed by atoms with Gasteiger partial charge in [0, 0.05) is 18.0 Å². The Balaban J connectivity index is 1.57. The number of aromatic nitrogens is 2. The van der Waals surface area contributed by atoms with E-state index >= 15 is 0 Å². The summed E-state index contributed by atoms with van der Waals surface area (Å²) < 4.78 is 5.62. The molecule has 5 heteroatoms. The normalized spacial score (nSPS) is 28.0. The molecular weight excluding hydrogens is 286 g/mol. The zero-order chi connectivity index (χ0) is 14.3. The van der Waals surface area contributed by atoms with Crippen LogP contribution in [-0.2, 0) is 11.8 Å². The molecular formula is C16H18ClN3O. The minimum absolute atomic E-state index is 0.0885. The lowest BCUT2D eigenvalue weighted by atomic mass is 9.80. The molecule has 0 amide bonds. The molecule has 1 aromatic carbocycles. The van der Waals surface area contributed by atoms with E-state index in [1.165, 1.54) is 12.8 Å². The van der Waals surface area contributed by atoms with E-state index in [0.717, 1.165) is 41.8 Å². The van der Waals surface area contributed by atoms with Gasteiger partial charge in [-0.05, 0) is 43.0 Å². The number of nitrogens with zero attached hydrogens (tertiary/aromatic N) is 2. The number of halogens is 1. The van der Waals surface area contributed by atoms with E-state index in [1.54, 1.807) is 0 Å². The predicted octanol–water partition coefficient (Wildman–Crippen LogP) is 2.95. The maximum absolute atomic E-state index is 5.91. The Bertz CT molecular complexity index is 627. The van der Waals surface area contributed by atoms with Crippen LogP contribution in [0.4, 0.5) is 0 Å². The van der Waals surface area contributed by atoms with E-state index in [0.29, 0.717) is 12.3 Å². The van der Waals surface area contributed by atoms with Crippen LogP contribution in [0, 0.1) is 5.92 Å². The fraction of sp³-hybridized carbons (Fsp3) is 0.500. The molecule has 1 saturated heterocycles. The van der Waals surface area contributed by atoms with Crippen LogP contribution in [0.1, 0.15) is 36.5 Å². The zero-order valence-corrected chi connectivity index (χ0v) is 12.6. The molecule has 0 radical (unpaired) electrons. The monoisotopic (exact) mass is 303 g/mol. The van der Waals surface area contributed by atoms with Crippen LogP contribution in [0.15, 0.2) is 28.8 Å². The van der Waals surface area contributed by atoms with Gasteiger partial charge in [0.15, 0.2) is 5.82 Å². The summed E-state index contributed by atoms with van der Waals surface area (Å²) in [5.41, 5.74) is 1.24. The van der Waals surface area contributed by atoms with Gasteiger partial charge in [-0.25, -0.2) is 0 Å².